The van der Waals surface area contributed by atoms with Gasteiger partial charge >= 0.3 is 0 Å². The first-order valence-corrected chi connectivity index (χ1v) is 6.94. The van der Waals surface area contributed by atoms with Gasteiger partial charge in [-0.15, -0.1) is 4.91 Å². The van der Waals surface area contributed by atoms with Gasteiger partial charge in [0, 0.05) is 18.5 Å². The zero-order chi connectivity index (χ0) is 15.0. The van der Waals surface area contributed by atoms with Crippen molar-refractivity contribution in [2.75, 3.05) is 6.61 Å². The minimum Gasteiger partial charge on any atom is -0.352 e. The number of nitrogens with one attached hydrogen (secondary N) is 1. The lowest BCUT2D eigenvalue weighted by Crippen LogP contribution is -2.22. The summed E-state index contributed by atoms with van der Waals surface area (Å²) < 4.78 is 4.84. The van der Waals surface area contributed by atoms with Crippen molar-refractivity contribution in [2.24, 2.45) is 5.18 Å². The molecule has 1 amide bonds. The van der Waals surface area contributed by atoms with Gasteiger partial charge in [0.25, 0.3) is 0 Å². The molecule has 6 nitrogen and oxygen atoms in total. The molecule has 0 heterocycles. The van der Waals surface area contributed by atoms with Gasteiger partial charge in [-0.1, -0.05) is 6.07 Å². The molecule has 1 aromatic carbocycles. The number of benzene rings is 1. The van der Waals surface area contributed by atoms with E-state index in [4.69, 9.17) is 3.07 Å². The maximum atomic E-state index is 11.5. The minimum absolute atomic E-state index is 0.0830. The summed E-state index contributed by atoms with van der Waals surface area (Å²) in [5.41, 5.74) is 1.14. The van der Waals surface area contributed by atoms with Crippen LogP contribution in [0.5, 0.6) is 0 Å². The van der Waals surface area contributed by atoms with Gasteiger partial charge in [-0.25, -0.2) is 0 Å². The van der Waals surface area contributed by atoms with E-state index in [2.05, 4.69) is 10.5 Å². The molecule has 1 rings (SSSR count). The third kappa shape index (κ3) is 5.33. The Balaban J connectivity index is 2.60. The van der Waals surface area contributed by atoms with E-state index in [1.54, 1.807) is 35.1 Å². The molecule has 0 aliphatic heterocycles. The van der Waals surface area contributed by atoms with Gasteiger partial charge in [0.05, 0.1) is 6.61 Å². The van der Waals surface area contributed by atoms with Crippen molar-refractivity contribution in [3.05, 3.63) is 34.2 Å². The van der Waals surface area contributed by atoms with Crippen molar-refractivity contribution in [2.45, 2.75) is 26.3 Å². The van der Waals surface area contributed by atoms with Gasteiger partial charge in [0.15, 0.2) is 5.78 Å². The van der Waals surface area contributed by atoms with Gasteiger partial charge in [0.2, 0.25) is 5.91 Å². The number of carbonyl (C=O) groups excluding carboxylic acids is 2. The fraction of sp³-hybridized carbons (Fsp3) is 0.385. The van der Waals surface area contributed by atoms with Crippen LogP contribution in [-0.4, -0.2) is 18.3 Å². The van der Waals surface area contributed by atoms with Gasteiger partial charge in [-0.3, -0.25) is 9.59 Å². The number of halogens is 1. The lowest BCUT2D eigenvalue weighted by molar-refractivity contribution is -0.121. The molecule has 0 fully saturated rings. The summed E-state index contributed by atoms with van der Waals surface area (Å²) >= 11 is 1.78. The highest BCUT2D eigenvalue weighted by Crippen LogP contribution is 2.21. The average Bonchev–Trinajstić information content (AvgIpc) is 2.45. The number of ketones is 1. The predicted molar refractivity (Wildman–Crippen MR) is 83.0 cm³/mol. The van der Waals surface area contributed by atoms with Crippen LogP contribution in [0.2, 0.25) is 0 Å². The predicted octanol–water partition coefficient (Wildman–Crippen LogP) is 3.05. The first kappa shape index (κ1) is 16.7. The van der Waals surface area contributed by atoms with E-state index in [0.717, 1.165) is 5.56 Å². The van der Waals surface area contributed by atoms with Crippen LogP contribution in [0.15, 0.2) is 23.4 Å². The Morgan fingerprint density at radius 1 is 1.40 bits per heavy atom. The summed E-state index contributed by atoms with van der Waals surface area (Å²) in [6, 6.07) is 4.72. The van der Waals surface area contributed by atoms with E-state index in [0.29, 0.717) is 26.0 Å². The summed E-state index contributed by atoms with van der Waals surface area (Å²) in [7, 11) is 0. The van der Waals surface area contributed by atoms with Crippen LogP contribution >= 0.6 is 23.0 Å². The van der Waals surface area contributed by atoms with Crippen LogP contribution in [0.4, 0.5) is 5.69 Å². The molecule has 0 spiro atoms. The van der Waals surface area contributed by atoms with Gasteiger partial charge < -0.3 is 8.38 Å². The number of nitrogens with zero attached hydrogens (tertiary/aromatic N) is 1. The Hall–Kier alpha value is -1.35. The molecule has 1 N–H and O–H groups in total. The van der Waals surface area contributed by atoms with Crippen molar-refractivity contribution in [1.29, 1.82) is 0 Å². The number of Topliss-reactive ketones (excluding diaryl/α,β-unsaturated/α-hetero) is 1. The second-order valence-electron chi connectivity index (χ2n) is 4.19. The molecule has 0 saturated carbocycles. The molecule has 0 unspecified atom stereocenters. The largest absolute Gasteiger partial charge is 0.352 e. The molecule has 1 aromatic rings. The third-order valence-electron chi connectivity index (χ3n) is 2.65. The standard InChI is InChI=1S/C13H15IN2O4/c1-9(17)11-7-10(4-5-12(11)16-19)8-15-13(18)3-2-6-20-14/h4-5,7H,2-3,6,8H2,1H3,(H,15,18). The van der Waals surface area contributed by atoms with E-state index < -0.39 is 0 Å². The van der Waals surface area contributed by atoms with Crippen LogP contribution in [0.3, 0.4) is 0 Å². The molecule has 0 aromatic heterocycles. The highest BCUT2D eigenvalue weighted by atomic mass is 127. The Morgan fingerprint density at radius 3 is 2.75 bits per heavy atom. The minimum atomic E-state index is -0.230. The Labute approximate surface area is 130 Å². The van der Waals surface area contributed by atoms with Crippen LogP contribution in [0.1, 0.15) is 35.7 Å². The highest BCUT2D eigenvalue weighted by molar-refractivity contribution is 14.1. The first-order valence-electron chi connectivity index (χ1n) is 6.06. The molecular weight excluding hydrogens is 375 g/mol. The third-order valence-corrected chi connectivity index (χ3v) is 3.09. The van der Waals surface area contributed by atoms with E-state index in [-0.39, 0.29) is 22.9 Å². The van der Waals surface area contributed by atoms with Gasteiger partial charge in [0.1, 0.15) is 28.7 Å². The van der Waals surface area contributed by atoms with Gasteiger partial charge in [-0.05, 0) is 36.2 Å². The smallest absolute Gasteiger partial charge is 0.220 e. The van der Waals surface area contributed by atoms with Crippen molar-refractivity contribution < 1.29 is 12.7 Å². The molecule has 7 heteroatoms. The summed E-state index contributed by atoms with van der Waals surface area (Å²) in [4.78, 5) is 33.5. The van der Waals surface area contributed by atoms with Crippen molar-refractivity contribution in [3.63, 3.8) is 0 Å². The van der Waals surface area contributed by atoms with E-state index in [1.807, 2.05) is 0 Å². The molecule has 0 aliphatic carbocycles. The van der Waals surface area contributed by atoms with Crippen molar-refractivity contribution in [3.8, 4) is 0 Å². The number of rotatable bonds is 8. The van der Waals surface area contributed by atoms with Crippen LogP contribution < -0.4 is 5.32 Å². The second-order valence-corrected chi connectivity index (χ2v) is 4.82. The fourth-order valence-electron chi connectivity index (χ4n) is 1.63. The molecule has 108 valence electrons. The molecule has 0 bridgehead atoms. The Kier molecular flexibility index (Phi) is 7.31. The number of hydrogen-bond acceptors (Lipinski definition) is 5. The second kappa shape index (κ2) is 8.75. The molecular formula is C13H15IN2O4. The summed E-state index contributed by atoms with van der Waals surface area (Å²) in [6.07, 6.45) is 1.04. The first-order chi connectivity index (χ1) is 9.58. The zero-order valence-corrected chi connectivity index (χ0v) is 13.2. The lowest BCUT2D eigenvalue weighted by atomic mass is 10.1. The molecule has 0 saturated heterocycles. The van der Waals surface area contributed by atoms with Crippen LogP contribution in [0, 0.1) is 4.91 Å². The topological polar surface area (TPSA) is 84.8 Å². The average molecular weight is 390 g/mol. The maximum absolute atomic E-state index is 11.5. The molecule has 0 radical (unpaired) electrons. The SMILES string of the molecule is CC(=O)c1cc(CNC(=O)CCCOI)ccc1N=O. The van der Waals surface area contributed by atoms with E-state index in [9.17, 15) is 14.5 Å². The monoisotopic (exact) mass is 390 g/mol. The van der Waals surface area contributed by atoms with E-state index >= 15 is 0 Å². The normalized spacial score (nSPS) is 10.1. The van der Waals surface area contributed by atoms with Crippen LogP contribution in [-0.2, 0) is 14.4 Å². The van der Waals surface area contributed by atoms with Crippen LogP contribution in [0.25, 0.3) is 0 Å². The van der Waals surface area contributed by atoms with Crippen molar-refractivity contribution in [1.82, 2.24) is 5.32 Å². The Bertz CT molecular complexity index is 505. The number of amides is 1. The van der Waals surface area contributed by atoms with E-state index in [1.165, 1.54) is 13.0 Å². The number of carbonyl (C=O) groups is 2. The number of hydrogen-bond donors (Lipinski definition) is 1. The summed E-state index contributed by atoms with van der Waals surface area (Å²) in [5, 5.41) is 5.55. The Morgan fingerprint density at radius 2 is 2.15 bits per heavy atom. The summed E-state index contributed by atoms with van der Waals surface area (Å²) in [6.45, 7) is 2.21. The molecule has 20 heavy (non-hydrogen) atoms. The number of nitroso groups, excluding NO2 is 1. The lowest BCUT2D eigenvalue weighted by Gasteiger charge is -2.07. The molecule has 0 atom stereocenters. The maximum Gasteiger partial charge on any atom is 0.220 e. The van der Waals surface area contributed by atoms with Gasteiger partial charge in [-0.2, -0.15) is 0 Å². The quantitative estimate of drug-likeness (QED) is 0.320. The highest BCUT2D eigenvalue weighted by Gasteiger charge is 2.09. The summed E-state index contributed by atoms with van der Waals surface area (Å²) in [5.74, 6) is -0.313. The van der Waals surface area contributed by atoms with Crippen molar-refractivity contribution >= 4 is 40.4 Å². The fourth-order valence-corrected chi connectivity index (χ4v) is 1.94. The molecule has 0 aliphatic rings. The zero-order valence-electron chi connectivity index (χ0n) is 11.0.